The summed E-state index contributed by atoms with van der Waals surface area (Å²) in [7, 11) is 1.83. The number of alkyl halides is 2. The molecule has 3 aromatic rings. The Bertz CT molecular complexity index is 1290. The lowest BCUT2D eigenvalue weighted by Gasteiger charge is -2.34. The van der Waals surface area contributed by atoms with Crippen molar-refractivity contribution in [1.29, 1.82) is 0 Å². The molecule has 0 spiro atoms. The van der Waals surface area contributed by atoms with Crippen LogP contribution in [-0.4, -0.2) is 53.1 Å². The van der Waals surface area contributed by atoms with Crippen LogP contribution in [-0.2, 0) is 4.74 Å². The number of rotatable bonds is 6. The molecular weight excluding hydrogens is 490 g/mol. The van der Waals surface area contributed by atoms with Gasteiger partial charge in [0.05, 0.1) is 36.2 Å². The quantitative estimate of drug-likeness (QED) is 0.455. The molecular formula is C26H25F4N5O2. The lowest BCUT2D eigenvalue weighted by Crippen LogP contribution is -2.47. The molecule has 1 aliphatic carbocycles. The number of aromatic nitrogens is 3. The van der Waals surface area contributed by atoms with E-state index in [0.29, 0.717) is 24.9 Å². The Morgan fingerprint density at radius 2 is 1.76 bits per heavy atom. The van der Waals surface area contributed by atoms with Gasteiger partial charge in [-0.1, -0.05) is 0 Å². The fourth-order valence-corrected chi connectivity index (χ4v) is 4.58. The number of halogens is 4. The van der Waals surface area contributed by atoms with Gasteiger partial charge in [0, 0.05) is 55.5 Å². The Hall–Kier alpha value is -3.60. The van der Waals surface area contributed by atoms with Crippen LogP contribution in [0.5, 0.6) is 0 Å². The zero-order valence-electron chi connectivity index (χ0n) is 20.1. The number of benzene rings is 1. The molecule has 5 rings (SSSR count). The first-order valence-corrected chi connectivity index (χ1v) is 12.0. The molecule has 0 radical (unpaired) electrons. The Kier molecular flexibility index (Phi) is 6.80. The average Bonchev–Trinajstić information content (AvgIpc) is 2.85. The van der Waals surface area contributed by atoms with Crippen LogP contribution < -0.4 is 10.2 Å². The highest BCUT2D eigenvalue weighted by Gasteiger charge is 2.37. The third-order valence-corrected chi connectivity index (χ3v) is 6.93. The number of carbonyl (C=O) groups is 1. The van der Waals surface area contributed by atoms with Crippen molar-refractivity contribution in [2.24, 2.45) is 0 Å². The Morgan fingerprint density at radius 1 is 1.05 bits per heavy atom. The lowest BCUT2D eigenvalue weighted by atomic mass is 9.83. The minimum atomic E-state index is -2.76. The minimum Gasteiger partial charge on any atom is -0.377 e. The highest BCUT2D eigenvalue weighted by molar-refractivity contribution is 6.06. The summed E-state index contributed by atoms with van der Waals surface area (Å²) in [5, 5.41) is 2.76. The molecule has 1 aliphatic heterocycles. The van der Waals surface area contributed by atoms with Crippen molar-refractivity contribution in [1.82, 2.24) is 15.0 Å². The number of carbonyl (C=O) groups excluding carboxylic acids is 1. The van der Waals surface area contributed by atoms with Crippen molar-refractivity contribution in [3.8, 4) is 11.1 Å². The molecule has 2 aromatic heterocycles. The van der Waals surface area contributed by atoms with Crippen molar-refractivity contribution >= 4 is 17.5 Å². The van der Waals surface area contributed by atoms with Gasteiger partial charge in [0.2, 0.25) is 11.9 Å². The first kappa shape index (κ1) is 25.1. The molecule has 1 saturated carbocycles. The number of hydrogen-bond donors (Lipinski definition) is 1. The van der Waals surface area contributed by atoms with Crippen molar-refractivity contribution in [2.75, 3.05) is 30.5 Å². The van der Waals surface area contributed by atoms with Crippen LogP contribution in [0.4, 0.5) is 29.2 Å². The molecule has 0 bridgehead atoms. The Labute approximate surface area is 210 Å². The van der Waals surface area contributed by atoms with Gasteiger partial charge in [-0.25, -0.2) is 27.5 Å². The molecule has 2 aliphatic rings. The molecule has 1 N–H and O–H groups in total. The molecule has 11 heteroatoms. The van der Waals surface area contributed by atoms with Crippen LogP contribution in [0.1, 0.15) is 47.7 Å². The molecule has 1 aromatic carbocycles. The summed E-state index contributed by atoms with van der Waals surface area (Å²) in [6.07, 6.45) is 3.80. The maximum atomic E-state index is 14.8. The molecule has 3 heterocycles. The summed E-state index contributed by atoms with van der Waals surface area (Å²) in [5.74, 6) is -4.66. The van der Waals surface area contributed by atoms with Gasteiger partial charge >= 0.3 is 0 Å². The standard InChI is InChI=1S/C26H25F4N5O2/c1-35(18-13-37-14-18)25-32-11-16(12-33-25)24(36)34-23-19(20-10-17(27)2-3-21(20)28)6-9-31-22(23)15-4-7-26(29,30)8-5-15/h2-3,6,9-12,15,18H,4-5,7-8,13-14H2,1H3,(H,34,36). The van der Waals surface area contributed by atoms with Gasteiger partial charge in [0.25, 0.3) is 5.91 Å². The third-order valence-electron chi connectivity index (χ3n) is 6.93. The summed E-state index contributed by atoms with van der Waals surface area (Å²) in [4.78, 5) is 28.0. The van der Waals surface area contributed by atoms with E-state index < -0.39 is 23.5 Å². The topological polar surface area (TPSA) is 80.2 Å². The fraction of sp³-hybridized carbons (Fsp3) is 0.385. The Balaban J connectivity index is 1.48. The summed E-state index contributed by atoms with van der Waals surface area (Å²) < 4.78 is 61.6. The van der Waals surface area contributed by atoms with Gasteiger partial charge < -0.3 is 15.0 Å². The minimum absolute atomic E-state index is 0.0731. The van der Waals surface area contributed by atoms with Crippen molar-refractivity contribution in [2.45, 2.75) is 43.6 Å². The van der Waals surface area contributed by atoms with E-state index in [1.54, 1.807) is 0 Å². The van der Waals surface area contributed by atoms with Gasteiger partial charge in [0.15, 0.2) is 0 Å². The van der Waals surface area contributed by atoms with Crippen molar-refractivity contribution in [3.05, 3.63) is 65.7 Å². The molecule has 0 unspecified atom stereocenters. The Morgan fingerprint density at radius 3 is 2.41 bits per heavy atom. The zero-order chi connectivity index (χ0) is 26.2. The second-order valence-corrected chi connectivity index (χ2v) is 9.40. The number of likely N-dealkylation sites (N-methyl/N-ethyl adjacent to an activating group) is 1. The van der Waals surface area contributed by atoms with E-state index in [4.69, 9.17) is 4.74 Å². The summed E-state index contributed by atoms with van der Waals surface area (Å²) >= 11 is 0. The van der Waals surface area contributed by atoms with E-state index in [2.05, 4.69) is 20.3 Å². The van der Waals surface area contributed by atoms with Crippen LogP contribution in [0.3, 0.4) is 0 Å². The number of anilines is 2. The average molecular weight is 516 g/mol. The van der Waals surface area contributed by atoms with Crippen LogP contribution >= 0.6 is 0 Å². The molecule has 194 valence electrons. The second-order valence-electron chi connectivity index (χ2n) is 9.40. The van der Waals surface area contributed by atoms with Crippen LogP contribution in [0.25, 0.3) is 11.1 Å². The van der Waals surface area contributed by atoms with E-state index >= 15 is 0 Å². The maximum Gasteiger partial charge on any atom is 0.258 e. The van der Waals surface area contributed by atoms with Gasteiger partial charge in [-0.05, 0) is 37.1 Å². The number of pyridine rings is 1. The largest absolute Gasteiger partial charge is 0.377 e. The number of amides is 1. The van der Waals surface area contributed by atoms with E-state index in [0.717, 1.165) is 18.2 Å². The molecule has 1 saturated heterocycles. The van der Waals surface area contributed by atoms with Crippen molar-refractivity contribution in [3.63, 3.8) is 0 Å². The number of ether oxygens (including phenoxy) is 1. The summed E-state index contributed by atoms with van der Waals surface area (Å²) in [6.45, 7) is 1.14. The predicted molar refractivity (Wildman–Crippen MR) is 129 cm³/mol. The number of hydrogen-bond acceptors (Lipinski definition) is 6. The predicted octanol–water partition coefficient (Wildman–Crippen LogP) is 5.20. The molecule has 0 atom stereocenters. The second kappa shape index (κ2) is 10.0. The smallest absolute Gasteiger partial charge is 0.258 e. The van der Waals surface area contributed by atoms with Crippen LogP contribution in [0, 0.1) is 11.6 Å². The molecule has 37 heavy (non-hydrogen) atoms. The molecule has 2 fully saturated rings. The normalized spacial score (nSPS) is 17.8. The number of nitrogens with zero attached hydrogens (tertiary/aromatic N) is 4. The van der Waals surface area contributed by atoms with E-state index in [-0.39, 0.29) is 60.0 Å². The SMILES string of the molecule is CN(c1ncc(C(=O)Nc2c(-c3cc(F)ccc3F)ccnc2C2CCC(F)(F)CC2)cn1)C1COC1. The first-order valence-electron chi connectivity index (χ1n) is 12.0. The zero-order valence-corrected chi connectivity index (χ0v) is 20.1. The number of nitrogens with one attached hydrogen (secondary N) is 1. The van der Waals surface area contributed by atoms with Gasteiger partial charge in [-0.15, -0.1) is 0 Å². The van der Waals surface area contributed by atoms with Crippen LogP contribution in [0.15, 0.2) is 42.9 Å². The molecule has 1 amide bonds. The first-order chi connectivity index (χ1) is 17.7. The van der Waals surface area contributed by atoms with E-state index in [1.807, 2.05) is 11.9 Å². The summed E-state index contributed by atoms with van der Waals surface area (Å²) in [6, 6.07) is 4.63. The van der Waals surface area contributed by atoms with E-state index in [9.17, 15) is 22.4 Å². The lowest BCUT2D eigenvalue weighted by molar-refractivity contribution is -0.0384. The van der Waals surface area contributed by atoms with Crippen molar-refractivity contribution < 1.29 is 27.1 Å². The van der Waals surface area contributed by atoms with Crippen LogP contribution in [0.2, 0.25) is 0 Å². The van der Waals surface area contributed by atoms with E-state index in [1.165, 1.54) is 24.7 Å². The molecule has 7 nitrogen and oxygen atoms in total. The fourth-order valence-electron chi connectivity index (χ4n) is 4.58. The van der Waals surface area contributed by atoms with Gasteiger partial charge in [0.1, 0.15) is 11.6 Å². The highest BCUT2D eigenvalue weighted by Crippen LogP contribution is 2.44. The van der Waals surface area contributed by atoms with Gasteiger partial charge in [-0.3, -0.25) is 9.78 Å². The maximum absolute atomic E-state index is 14.8. The summed E-state index contributed by atoms with van der Waals surface area (Å²) in [5.41, 5.74) is 0.774. The van der Waals surface area contributed by atoms with Gasteiger partial charge in [-0.2, -0.15) is 0 Å². The third kappa shape index (κ3) is 5.27. The monoisotopic (exact) mass is 515 g/mol. The highest BCUT2D eigenvalue weighted by atomic mass is 19.3.